The van der Waals surface area contributed by atoms with Gasteiger partial charge >= 0.3 is 0 Å². The van der Waals surface area contributed by atoms with Crippen LogP contribution in [0.4, 0.5) is 5.69 Å². The maximum absolute atomic E-state index is 9.88. The van der Waals surface area contributed by atoms with Crippen LogP contribution in [0.25, 0.3) is 0 Å². The van der Waals surface area contributed by atoms with E-state index >= 15 is 0 Å². The number of hydrogen-bond donors (Lipinski definition) is 1. The number of ether oxygens (including phenoxy) is 2. The summed E-state index contributed by atoms with van der Waals surface area (Å²) in [6.07, 6.45) is 0. The van der Waals surface area contributed by atoms with Gasteiger partial charge in [0.15, 0.2) is 0 Å². The van der Waals surface area contributed by atoms with Crippen molar-refractivity contribution < 1.29 is 14.3 Å². The van der Waals surface area contributed by atoms with Gasteiger partial charge in [-0.1, -0.05) is 12.1 Å². The van der Waals surface area contributed by atoms with Crippen LogP contribution in [-0.4, -0.2) is 20.6 Å². The van der Waals surface area contributed by atoms with Gasteiger partial charge in [-0.2, -0.15) is 0 Å². The molecule has 0 aliphatic carbocycles. The van der Waals surface area contributed by atoms with Crippen molar-refractivity contribution >= 4 is 12.2 Å². The zero-order valence-corrected chi connectivity index (χ0v) is 11.9. The highest BCUT2D eigenvalue weighted by Gasteiger charge is 1.92. The lowest BCUT2D eigenvalue weighted by Gasteiger charge is -1.99. The Balaban J connectivity index is 0.000000204. The van der Waals surface area contributed by atoms with Crippen molar-refractivity contribution in [3.05, 3.63) is 54.1 Å². The number of hydrogen-bond acceptors (Lipinski definition) is 4. The Labute approximate surface area is 119 Å². The van der Waals surface area contributed by atoms with Crippen molar-refractivity contribution in [2.45, 2.75) is 6.92 Å². The van der Waals surface area contributed by atoms with Gasteiger partial charge in [-0.25, -0.2) is 0 Å². The minimum atomic E-state index is 0.391. The van der Waals surface area contributed by atoms with E-state index in [0.29, 0.717) is 12.2 Å². The van der Waals surface area contributed by atoms with Crippen molar-refractivity contribution in [2.75, 3.05) is 19.5 Å². The molecule has 0 radical (unpaired) electrons. The van der Waals surface area contributed by atoms with Crippen molar-refractivity contribution in [2.24, 2.45) is 0 Å². The summed E-state index contributed by atoms with van der Waals surface area (Å²) in [5, 5.41) is 3.07. The SMILES string of the molecule is CNc1cccc(C)c1.COc1ccc(OC=O)cc1. The summed E-state index contributed by atoms with van der Waals surface area (Å²) < 4.78 is 9.47. The van der Waals surface area contributed by atoms with E-state index < -0.39 is 0 Å². The largest absolute Gasteiger partial charge is 0.497 e. The Morgan fingerprint density at radius 2 is 1.70 bits per heavy atom. The van der Waals surface area contributed by atoms with Crippen LogP contribution >= 0.6 is 0 Å². The third kappa shape index (κ3) is 5.44. The van der Waals surface area contributed by atoms with Crippen molar-refractivity contribution in [1.29, 1.82) is 0 Å². The molecule has 4 nitrogen and oxygen atoms in total. The molecule has 0 saturated heterocycles. The Morgan fingerprint density at radius 1 is 1.05 bits per heavy atom. The molecular weight excluding hydrogens is 254 g/mol. The normalized spacial score (nSPS) is 8.95. The third-order valence-corrected chi connectivity index (χ3v) is 2.55. The number of carbonyl (C=O) groups is 1. The lowest BCUT2D eigenvalue weighted by Crippen LogP contribution is -1.88. The zero-order chi connectivity index (χ0) is 14.8. The number of rotatable bonds is 4. The maximum Gasteiger partial charge on any atom is 0.298 e. The highest BCUT2D eigenvalue weighted by atomic mass is 16.5. The highest BCUT2D eigenvalue weighted by Crippen LogP contribution is 2.16. The number of benzene rings is 2. The fraction of sp³-hybridized carbons (Fsp3) is 0.188. The Bertz CT molecular complexity index is 524. The fourth-order valence-corrected chi connectivity index (χ4v) is 1.51. The summed E-state index contributed by atoms with van der Waals surface area (Å²) in [7, 11) is 3.50. The van der Waals surface area contributed by atoms with E-state index in [2.05, 4.69) is 29.1 Å². The topological polar surface area (TPSA) is 47.6 Å². The highest BCUT2D eigenvalue weighted by molar-refractivity contribution is 5.46. The molecule has 20 heavy (non-hydrogen) atoms. The molecule has 0 spiro atoms. The summed E-state index contributed by atoms with van der Waals surface area (Å²) in [5.41, 5.74) is 2.47. The molecule has 0 heterocycles. The second kappa shape index (κ2) is 8.58. The number of methoxy groups -OCH3 is 1. The molecule has 0 atom stereocenters. The van der Waals surface area contributed by atoms with E-state index in [-0.39, 0.29) is 0 Å². The van der Waals surface area contributed by atoms with Gasteiger partial charge in [-0.3, -0.25) is 4.79 Å². The molecule has 0 amide bonds. The fourth-order valence-electron chi connectivity index (χ4n) is 1.51. The molecule has 2 aromatic rings. The molecule has 4 heteroatoms. The summed E-state index contributed by atoms with van der Waals surface area (Å²) >= 11 is 0. The molecule has 0 saturated carbocycles. The summed E-state index contributed by atoms with van der Waals surface area (Å²) in [6.45, 7) is 2.47. The molecule has 106 valence electrons. The smallest absolute Gasteiger partial charge is 0.298 e. The molecule has 0 unspecified atom stereocenters. The van der Waals surface area contributed by atoms with E-state index in [1.807, 2.05) is 19.2 Å². The molecule has 0 aliphatic heterocycles. The van der Waals surface area contributed by atoms with Crippen molar-refractivity contribution in [3.8, 4) is 11.5 Å². The van der Waals surface area contributed by atoms with Gasteiger partial charge in [0.1, 0.15) is 11.5 Å². The summed E-state index contributed by atoms with van der Waals surface area (Å²) in [5.74, 6) is 1.25. The van der Waals surface area contributed by atoms with E-state index in [1.54, 1.807) is 31.4 Å². The van der Waals surface area contributed by atoms with Gasteiger partial charge in [-0.15, -0.1) is 0 Å². The zero-order valence-electron chi connectivity index (χ0n) is 11.9. The Kier molecular flexibility index (Phi) is 6.68. The lowest BCUT2D eigenvalue weighted by molar-refractivity contribution is -0.120. The van der Waals surface area contributed by atoms with E-state index in [1.165, 1.54) is 11.3 Å². The van der Waals surface area contributed by atoms with Gasteiger partial charge in [0.05, 0.1) is 7.11 Å². The van der Waals surface area contributed by atoms with Crippen LogP contribution in [-0.2, 0) is 4.79 Å². The van der Waals surface area contributed by atoms with Crippen LogP contribution in [0.2, 0.25) is 0 Å². The average Bonchev–Trinajstić information content (AvgIpc) is 2.49. The number of nitrogens with one attached hydrogen (secondary N) is 1. The van der Waals surface area contributed by atoms with Gasteiger partial charge < -0.3 is 14.8 Å². The van der Waals surface area contributed by atoms with Crippen LogP contribution in [0.1, 0.15) is 5.56 Å². The van der Waals surface area contributed by atoms with Gasteiger partial charge in [0.2, 0.25) is 0 Å². The standard InChI is InChI=1S/C8H11N.C8H8O3/c1-7-4-3-5-8(6-7)9-2;1-10-7-2-4-8(5-3-7)11-6-9/h3-6,9H,1-2H3;2-6H,1H3. The quantitative estimate of drug-likeness (QED) is 0.869. The van der Waals surface area contributed by atoms with Gasteiger partial charge in [0, 0.05) is 12.7 Å². The first-order valence-electron chi connectivity index (χ1n) is 6.18. The molecule has 0 bridgehead atoms. The predicted octanol–water partition coefficient (Wildman–Crippen LogP) is 3.27. The van der Waals surface area contributed by atoms with E-state index in [4.69, 9.17) is 4.74 Å². The first-order chi connectivity index (χ1) is 9.69. The van der Waals surface area contributed by atoms with Crippen LogP contribution in [0.15, 0.2) is 48.5 Å². The number of anilines is 1. The number of carbonyl (C=O) groups excluding carboxylic acids is 1. The second-order valence-electron chi connectivity index (χ2n) is 4.01. The van der Waals surface area contributed by atoms with Crippen LogP contribution < -0.4 is 14.8 Å². The van der Waals surface area contributed by atoms with Crippen LogP contribution in [0.3, 0.4) is 0 Å². The monoisotopic (exact) mass is 273 g/mol. The van der Waals surface area contributed by atoms with Gasteiger partial charge in [0.25, 0.3) is 6.47 Å². The van der Waals surface area contributed by atoms with Crippen LogP contribution in [0.5, 0.6) is 11.5 Å². The third-order valence-electron chi connectivity index (χ3n) is 2.55. The predicted molar refractivity (Wildman–Crippen MR) is 80.4 cm³/mol. The number of aryl methyl sites for hydroxylation is 1. The first kappa shape index (κ1) is 15.6. The Morgan fingerprint density at radius 3 is 2.15 bits per heavy atom. The van der Waals surface area contributed by atoms with Crippen molar-refractivity contribution in [1.82, 2.24) is 0 Å². The first-order valence-corrected chi connectivity index (χ1v) is 6.18. The van der Waals surface area contributed by atoms with Gasteiger partial charge in [-0.05, 0) is 48.9 Å². The van der Waals surface area contributed by atoms with E-state index in [9.17, 15) is 4.79 Å². The molecular formula is C16H19NO3. The lowest BCUT2D eigenvalue weighted by atomic mass is 10.2. The summed E-state index contributed by atoms with van der Waals surface area (Å²) in [6, 6.07) is 15.0. The molecule has 0 aromatic heterocycles. The average molecular weight is 273 g/mol. The summed E-state index contributed by atoms with van der Waals surface area (Å²) in [4.78, 5) is 9.88. The molecule has 2 aromatic carbocycles. The van der Waals surface area contributed by atoms with E-state index in [0.717, 1.165) is 5.75 Å². The van der Waals surface area contributed by atoms with Crippen molar-refractivity contribution in [3.63, 3.8) is 0 Å². The molecule has 0 fully saturated rings. The Hall–Kier alpha value is -2.49. The molecule has 1 N–H and O–H groups in total. The minimum absolute atomic E-state index is 0.391. The maximum atomic E-state index is 9.88. The minimum Gasteiger partial charge on any atom is -0.497 e. The van der Waals surface area contributed by atoms with Crippen LogP contribution in [0, 0.1) is 6.92 Å². The second-order valence-corrected chi connectivity index (χ2v) is 4.01. The molecule has 2 rings (SSSR count). The molecule has 0 aliphatic rings.